The summed E-state index contributed by atoms with van der Waals surface area (Å²) in [6.45, 7) is 3.17. The van der Waals surface area contributed by atoms with Gasteiger partial charge in [-0.05, 0) is 30.5 Å². The number of hydrogen-bond donors (Lipinski definition) is 1. The number of nitrogens with zero attached hydrogens (tertiary/aromatic N) is 2. The number of piperidine rings is 2. The number of fused-ring (bicyclic) bond motifs is 1. The lowest BCUT2D eigenvalue weighted by molar-refractivity contribution is -0.0993. The Morgan fingerprint density at radius 2 is 1.92 bits per heavy atom. The van der Waals surface area contributed by atoms with E-state index in [0.717, 1.165) is 30.9 Å². The monoisotopic (exact) mass is 380 g/mol. The van der Waals surface area contributed by atoms with Crippen molar-refractivity contribution < 1.29 is 18.3 Å². The zero-order valence-electron chi connectivity index (χ0n) is 15.5. The van der Waals surface area contributed by atoms with Crippen LogP contribution in [0.1, 0.15) is 18.4 Å². The summed E-state index contributed by atoms with van der Waals surface area (Å²) in [5, 5.41) is 10.9. The zero-order valence-corrected chi connectivity index (χ0v) is 16.3. The lowest BCUT2D eigenvalue weighted by Gasteiger charge is -2.49. The standard InChI is InChI=1S/C19H28N2O4S/c1-25-18-7-5-16(6-8-18)4-3-11-20-12-9-19(22)10-13-21(26(2,23)24)15-17(19)14-20/h3-8,17,22H,9-15H2,1-2H3/b4-3+/t17-,19-/m1/s1. The van der Waals surface area contributed by atoms with E-state index in [9.17, 15) is 13.5 Å². The number of methoxy groups -OCH3 is 1. The second kappa shape index (κ2) is 7.68. The number of sulfonamides is 1. The molecule has 2 atom stereocenters. The Morgan fingerprint density at radius 3 is 2.58 bits per heavy atom. The van der Waals surface area contributed by atoms with Gasteiger partial charge in [0.2, 0.25) is 10.0 Å². The third-order valence-electron chi connectivity index (χ3n) is 5.58. The van der Waals surface area contributed by atoms with Crippen molar-refractivity contribution in [2.75, 3.05) is 46.1 Å². The predicted molar refractivity (Wildman–Crippen MR) is 103 cm³/mol. The van der Waals surface area contributed by atoms with Crippen molar-refractivity contribution in [2.24, 2.45) is 5.92 Å². The number of benzene rings is 1. The molecule has 2 fully saturated rings. The SMILES string of the molecule is COc1ccc(/C=C/CN2CC[C@@]3(O)CCN(S(C)(=O)=O)C[C@H]3C2)cc1. The van der Waals surface area contributed by atoms with Crippen LogP contribution in [0, 0.1) is 5.92 Å². The smallest absolute Gasteiger partial charge is 0.211 e. The minimum atomic E-state index is -3.20. The molecule has 0 amide bonds. The summed E-state index contributed by atoms with van der Waals surface area (Å²) in [4.78, 5) is 2.28. The van der Waals surface area contributed by atoms with E-state index in [4.69, 9.17) is 4.74 Å². The molecule has 6 nitrogen and oxygen atoms in total. The lowest BCUT2D eigenvalue weighted by Crippen LogP contribution is -2.60. The van der Waals surface area contributed by atoms with Gasteiger partial charge in [0.15, 0.2) is 0 Å². The summed E-state index contributed by atoms with van der Waals surface area (Å²) in [5.41, 5.74) is 0.387. The van der Waals surface area contributed by atoms with Crippen LogP contribution in [0.25, 0.3) is 6.08 Å². The molecule has 0 aliphatic carbocycles. The van der Waals surface area contributed by atoms with Crippen LogP contribution >= 0.6 is 0 Å². The number of hydrogen-bond acceptors (Lipinski definition) is 5. The van der Waals surface area contributed by atoms with Gasteiger partial charge in [-0.25, -0.2) is 12.7 Å². The van der Waals surface area contributed by atoms with E-state index in [0.29, 0.717) is 25.9 Å². The molecular weight excluding hydrogens is 352 g/mol. The molecule has 0 unspecified atom stereocenters. The fourth-order valence-corrected chi connectivity index (χ4v) is 4.73. The molecule has 7 heteroatoms. The van der Waals surface area contributed by atoms with Gasteiger partial charge in [0, 0.05) is 38.6 Å². The molecule has 0 radical (unpaired) electrons. The molecule has 2 aliphatic rings. The topological polar surface area (TPSA) is 70.1 Å². The van der Waals surface area contributed by atoms with E-state index in [2.05, 4.69) is 17.1 Å². The normalized spacial score (nSPS) is 28.2. The maximum atomic E-state index is 11.8. The van der Waals surface area contributed by atoms with Gasteiger partial charge >= 0.3 is 0 Å². The summed E-state index contributed by atoms with van der Waals surface area (Å²) in [6, 6.07) is 7.88. The number of rotatable bonds is 5. The van der Waals surface area contributed by atoms with Gasteiger partial charge in [-0.1, -0.05) is 24.3 Å². The van der Waals surface area contributed by atoms with Crippen molar-refractivity contribution in [1.82, 2.24) is 9.21 Å². The molecule has 144 valence electrons. The first-order valence-corrected chi connectivity index (χ1v) is 10.9. The first-order chi connectivity index (χ1) is 12.3. The molecule has 1 aromatic rings. The summed E-state index contributed by atoms with van der Waals surface area (Å²) >= 11 is 0. The van der Waals surface area contributed by atoms with Gasteiger partial charge in [0.25, 0.3) is 0 Å². The average Bonchev–Trinajstić information content (AvgIpc) is 2.61. The highest BCUT2D eigenvalue weighted by Gasteiger charge is 2.46. The van der Waals surface area contributed by atoms with Gasteiger partial charge in [-0.3, -0.25) is 4.90 Å². The predicted octanol–water partition coefficient (Wildman–Crippen LogP) is 1.43. The summed E-state index contributed by atoms with van der Waals surface area (Å²) in [6.07, 6.45) is 6.66. The van der Waals surface area contributed by atoms with E-state index >= 15 is 0 Å². The lowest BCUT2D eigenvalue weighted by atomic mass is 9.76. The highest BCUT2D eigenvalue weighted by Crippen LogP contribution is 2.36. The number of likely N-dealkylation sites (tertiary alicyclic amines) is 1. The minimum Gasteiger partial charge on any atom is -0.497 e. The van der Waals surface area contributed by atoms with E-state index in [1.807, 2.05) is 24.3 Å². The summed E-state index contributed by atoms with van der Waals surface area (Å²) in [7, 11) is -1.55. The molecule has 26 heavy (non-hydrogen) atoms. The molecule has 3 rings (SSSR count). The second-order valence-corrected chi connectivity index (χ2v) is 9.34. The molecule has 2 heterocycles. The first kappa shape index (κ1) is 19.4. The molecule has 2 saturated heterocycles. The van der Waals surface area contributed by atoms with Crippen molar-refractivity contribution in [1.29, 1.82) is 0 Å². The molecule has 1 aromatic carbocycles. The zero-order chi connectivity index (χ0) is 18.8. The van der Waals surface area contributed by atoms with E-state index < -0.39 is 15.6 Å². The summed E-state index contributed by atoms with van der Waals surface area (Å²) < 4.78 is 30.3. The van der Waals surface area contributed by atoms with Crippen LogP contribution in [-0.4, -0.2) is 74.4 Å². The van der Waals surface area contributed by atoms with Crippen molar-refractivity contribution in [3.63, 3.8) is 0 Å². The Balaban J connectivity index is 1.58. The van der Waals surface area contributed by atoms with Gasteiger partial charge in [-0.15, -0.1) is 0 Å². The molecule has 0 bridgehead atoms. The first-order valence-electron chi connectivity index (χ1n) is 9.01. The number of aliphatic hydroxyl groups is 1. The van der Waals surface area contributed by atoms with Gasteiger partial charge in [0.05, 0.1) is 19.0 Å². The average molecular weight is 381 g/mol. The van der Waals surface area contributed by atoms with Gasteiger partial charge in [0.1, 0.15) is 5.75 Å². The molecule has 0 aromatic heterocycles. The van der Waals surface area contributed by atoms with E-state index in [1.54, 1.807) is 7.11 Å². The quantitative estimate of drug-likeness (QED) is 0.837. The Morgan fingerprint density at radius 1 is 1.23 bits per heavy atom. The molecule has 0 spiro atoms. The maximum absolute atomic E-state index is 11.8. The largest absolute Gasteiger partial charge is 0.497 e. The van der Waals surface area contributed by atoms with Crippen molar-refractivity contribution in [2.45, 2.75) is 18.4 Å². The summed E-state index contributed by atoms with van der Waals surface area (Å²) in [5.74, 6) is 0.805. The third-order valence-corrected chi connectivity index (χ3v) is 6.85. The molecular formula is C19H28N2O4S. The van der Waals surface area contributed by atoms with Crippen molar-refractivity contribution in [3.8, 4) is 5.75 Å². The van der Waals surface area contributed by atoms with Crippen LogP contribution in [-0.2, 0) is 10.0 Å². The second-order valence-electron chi connectivity index (χ2n) is 7.36. The minimum absolute atomic E-state index is 0.0332. The third kappa shape index (κ3) is 4.46. The Hall–Kier alpha value is -1.41. The van der Waals surface area contributed by atoms with Crippen LogP contribution in [0.15, 0.2) is 30.3 Å². The van der Waals surface area contributed by atoms with Gasteiger partial charge < -0.3 is 9.84 Å². The van der Waals surface area contributed by atoms with Crippen LogP contribution in [0.3, 0.4) is 0 Å². The Kier molecular flexibility index (Phi) is 5.72. The highest BCUT2D eigenvalue weighted by atomic mass is 32.2. The van der Waals surface area contributed by atoms with Crippen LogP contribution in [0.4, 0.5) is 0 Å². The van der Waals surface area contributed by atoms with Crippen LogP contribution < -0.4 is 4.74 Å². The van der Waals surface area contributed by atoms with E-state index in [-0.39, 0.29) is 5.92 Å². The fraction of sp³-hybridized carbons (Fsp3) is 0.579. The molecule has 1 N–H and O–H groups in total. The molecule has 0 saturated carbocycles. The van der Waals surface area contributed by atoms with E-state index in [1.165, 1.54) is 10.6 Å². The Bertz CT molecular complexity index is 747. The molecule has 2 aliphatic heterocycles. The fourth-order valence-electron chi connectivity index (χ4n) is 3.86. The Labute approximate surface area is 156 Å². The van der Waals surface area contributed by atoms with Crippen LogP contribution in [0.5, 0.6) is 5.75 Å². The number of ether oxygens (including phenoxy) is 1. The van der Waals surface area contributed by atoms with Gasteiger partial charge in [-0.2, -0.15) is 0 Å². The maximum Gasteiger partial charge on any atom is 0.211 e. The van der Waals surface area contributed by atoms with Crippen molar-refractivity contribution >= 4 is 16.1 Å². The highest BCUT2D eigenvalue weighted by molar-refractivity contribution is 7.88. The van der Waals surface area contributed by atoms with Crippen molar-refractivity contribution in [3.05, 3.63) is 35.9 Å². The van der Waals surface area contributed by atoms with Crippen LogP contribution in [0.2, 0.25) is 0 Å².